The Morgan fingerprint density at radius 3 is 2.43 bits per heavy atom. The van der Waals surface area contributed by atoms with Gasteiger partial charge in [-0.05, 0) is 74.5 Å². The van der Waals surface area contributed by atoms with Crippen molar-refractivity contribution in [3.8, 4) is 17.6 Å². The van der Waals surface area contributed by atoms with Crippen LogP contribution in [0.25, 0.3) is 10.9 Å². The molecule has 0 spiro atoms. The van der Waals surface area contributed by atoms with E-state index in [-0.39, 0.29) is 24.2 Å². The Labute approximate surface area is 212 Å². The Kier molecular flexibility index (Phi) is 8.30. The summed E-state index contributed by atoms with van der Waals surface area (Å²) in [5.41, 5.74) is -0.0506. The summed E-state index contributed by atoms with van der Waals surface area (Å²) in [6, 6.07) is 6.59. The number of halogens is 5. The Morgan fingerprint density at radius 1 is 1.08 bits per heavy atom. The molecule has 1 atom stereocenters. The fourth-order valence-corrected chi connectivity index (χ4v) is 4.74. The van der Waals surface area contributed by atoms with Gasteiger partial charge in [0.1, 0.15) is 17.7 Å². The van der Waals surface area contributed by atoms with Gasteiger partial charge in [-0.1, -0.05) is 11.8 Å². The quantitative estimate of drug-likeness (QED) is 0.247. The molecule has 37 heavy (non-hydrogen) atoms. The van der Waals surface area contributed by atoms with Gasteiger partial charge in [0.25, 0.3) is 0 Å². The molecule has 2 aromatic carbocycles. The van der Waals surface area contributed by atoms with Crippen LogP contribution in [0.3, 0.4) is 0 Å². The second kappa shape index (κ2) is 11.4. The third kappa shape index (κ3) is 6.03. The molecule has 4 rings (SSSR count). The zero-order valence-corrected chi connectivity index (χ0v) is 20.3. The van der Waals surface area contributed by atoms with Crippen LogP contribution in [0.15, 0.2) is 36.5 Å². The minimum absolute atomic E-state index is 0.0370. The highest BCUT2D eigenvalue weighted by atomic mass is 19.2. The van der Waals surface area contributed by atoms with Crippen molar-refractivity contribution < 1.29 is 31.8 Å². The average Bonchev–Trinajstić information content (AvgIpc) is 2.90. The van der Waals surface area contributed by atoms with E-state index in [9.17, 15) is 22.7 Å². The van der Waals surface area contributed by atoms with E-state index in [1.807, 2.05) is 4.90 Å². The molecule has 0 aliphatic carbocycles. The number of pyridine rings is 1. The fourth-order valence-electron chi connectivity index (χ4n) is 4.74. The van der Waals surface area contributed by atoms with Crippen molar-refractivity contribution in [1.82, 2.24) is 9.88 Å². The average molecular weight is 519 g/mol. The molecule has 0 saturated carbocycles. The maximum atomic E-state index is 15.4. The van der Waals surface area contributed by atoms with Crippen molar-refractivity contribution in [3.05, 3.63) is 70.9 Å². The molecular formula is C28H27F5N2O2. The Morgan fingerprint density at radius 2 is 1.78 bits per heavy atom. The van der Waals surface area contributed by atoms with Crippen LogP contribution < -0.4 is 4.74 Å². The van der Waals surface area contributed by atoms with E-state index in [1.54, 1.807) is 18.2 Å². The lowest BCUT2D eigenvalue weighted by Gasteiger charge is -2.40. The first-order valence-electron chi connectivity index (χ1n) is 12.0. The van der Waals surface area contributed by atoms with Crippen LogP contribution in [-0.2, 0) is 0 Å². The van der Waals surface area contributed by atoms with Crippen LogP contribution in [0, 0.1) is 40.5 Å². The lowest BCUT2D eigenvalue weighted by Crippen LogP contribution is -2.42. The highest BCUT2D eigenvalue weighted by Gasteiger charge is 2.35. The number of benzene rings is 2. The van der Waals surface area contributed by atoms with E-state index in [0.29, 0.717) is 55.5 Å². The molecule has 1 fully saturated rings. The maximum absolute atomic E-state index is 15.4. The van der Waals surface area contributed by atoms with Gasteiger partial charge in [-0.25, -0.2) is 22.0 Å². The van der Waals surface area contributed by atoms with Gasteiger partial charge in [-0.2, -0.15) is 0 Å². The zero-order valence-electron chi connectivity index (χ0n) is 20.3. The van der Waals surface area contributed by atoms with Gasteiger partial charge in [0.2, 0.25) is 0 Å². The Bertz CT molecular complexity index is 1310. The summed E-state index contributed by atoms with van der Waals surface area (Å²) in [6.07, 6.45) is 1.02. The van der Waals surface area contributed by atoms with Crippen LogP contribution in [0.4, 0.5) is 22.0 Å². The van der Waals surface area contributed by atoms with Gasteiger partial charge >= 0.3 is 0 Å². The van der Waals surface area contributed by atoms with Crippen molar-refractivity contribution in [3.63, 3.8) is 0 Å². The van der Waals surface area contributed by atoms with Gasteiger partial charge in [0.05, 0.1) is 25.4 Å². The molecule has 3 aromatic rings. The first-order chi connectivity index (χ1) is 17.7. The minimum atomic E-state index is -1.58. The first-order valence-corrected chi connectivity index (χ1v) is 12.0. The van der Waals surface area contributed by atoms with Crippen molar-refractivity contribution >= 4 is 10.9 Å². The van der Waals surface area contributed by atoms with Crippen LogP contribution in [0.5, 0.6) is 5.75 Å². The molecule has 1 N–H and O–H groups in total. The summed E-state index contributed by atoms with van der Waals surface area (Å²) in [5.74, 6) is 1.11. The molecule has 4 nitrogen and oxygen atoms in total. The second-order valence-corrected chi connectivity index (χ2v) is 9.40. The third-order valence-electron chi connectivity index (χ3n) is 7.08. The zero-order chi connectivity index (χ0) is 26.6. The molecule has 1 aromatic heterocycles. The molecule has 1 aliphatic rings. The van der Waals surface area contributed by atoms with Gasteiger partial charge in [-0.3, -0.25) is 9.88 Å². The smallest absolute Gasteiger partial charge is 0.194 e. The van der Waals surface area contributed by atoms with Gasteiger partial charge in [0.15, 0.2) is 17.5 Å². The maximum Gasteiger partial charge on any atom is 0.194 e. The number of nitrogens with zero attached hydrogens (tertiary/aromatic N) is 2. The molecule has 1 saturated heterocycles. The summed E-state index contributed by atoms with van der Waals surface area (Å²) >= 11 is 0. The first kappa shape index (κ1) is 26.8. The molecular weight excluding hydrogens is 491 g/mol. The second-order valence-electron chi connectivity index (χ2n) is 9.40. The van der Waals surface area contributed by atoms with E-state index in [4.69, 9.17) is 4.74 Å². The number of ether oxygens (including phenoxy) is 1. The molecule has 0 bridgehead atoms. The SMILES string of the molecule is COc1ccc2ncc(F)c(C(F)CCC3(CO)CCN(CC#Cc4cc(F)c(F)c(F)c4)CC3)c2c1. The van der Waals surface area contributed by atoms with Crippen molar-refractivity contribution in [2.24, 2.45) is 5.41 Å². The molecule has 1 unspecified atom stereocenters. The number of likely N-dealkylation sites (tertiary alicyclic amines) is 1. The lowest BCUT2D eigenvalue weighted by atomic mass is 9.74. The predicted molar refractivity (Wildman–Crippen MR) is 130 cm³/mol. The lowest BCUT2D eigenvalue weighted by molar-refractivity contribution is 0.0343. The number of alkyl halides is 1. The van der Waals surface area contributed by atoms with E-state index in [0.717, 1.165) is 18.3 Å². The highest BCUT2D eigenvalue weighted by Crippen LogP contribution is 2.40. The summed E-state index contributed by atoms with van der Waals surface area (Å²) < 4.78 is 75.0. The van der Waals surface area contributed by atoms with Crippen LogP contribution in [0.2, 0.25) is 0 Å². The standard InChI is InChI=1S/C28H27F5N2O2/c1-37-19-4-5-25-20(15-19)26(24(32)16-34-25)21(29)6-7-28(17-36)8-11-35(12-9-28)10-2-3-18-13-22(30)27(33)23(31)14-18/h4-5,13-16,21,36H,6-12,17H2,1H3. The van der Waals surface area contributed by atoms with E-state index >= 15 is 4.39 Å². The van der Waals surface area contributed by atoms with E-state index in [2.05, 4.69) is 16.8 Å². The van der Waals surface area contributed by atoms with Crippen molar-refractivity contribution in [2.45, 2.75) is 31.9 Å². The third-order valence-corrected chi connectivity index (χ3v) is 7.08. The normalized spacial score (nSPS) is 16.3. The topological polar surface area (TPSA) is 45.6 Å². The molecule has 0 radical (unpaired) electrons. The van der Waals surface area contributed by atoms with Gasteiger partial charge in [-0.15, -0.1) is 0 Å². The number of fused-ring (bicyclic) bond motifs is 1. The highest BCUT2D eigenvalue weighted by molar-refractivity contribution is 5.84. The summed E-state index contributed by atoms with van der Waals surface area (Å²) in [5, 5.41) is 10.5. The molecule has 1 aliphatic heterocycles. The number of hydrogen-bond donors (Lipinski definition) is 1. The molecule has 0 amide bonds. The number of methoxy groups -OCH3 is 1. The number of aromatic nitrogens is 1. The van der Waals surface area contributed by atoms with Crippen LogP contribution >= 0.6 is 0 Å². The van der Waals surface area contributed by atoms with Crippen LogP contribution in [-0.4, -0.2) is 48.3 Å². The van der Waals surface area contributed by atoms with E-state index in [1.165, 1.54) is 7.11 Å². The number of hydrogen-bond acceptors (Lipinski definition) is 4. The number of piperidine rings is 1. The largest absolute Gasteiger partial charge is 0.497 e. The van der Waals surface area contributed by atoms with Crippen LogP contribution in [0.1, 0.15) is 43.0 Å². The Hall–Kier alpha value is -3.22. The molecule has 2 heterocycles. The number of aliphatic hydroxyl groups is 1. The van der Waals surface area contributed by atoms with Crippen molar-refractivity contribution in [2.75, 3.05) is 33.4 Å². The van der Waals surface area contributed by atoms with Gasteiger partial charge < -0.3 is 9.84 Å². The summed E-state index contributed by atoms with van der Waals surface area (Å²) in [4.78, 5) is 6.06. The van der Waals surface area contributed by atoms with Crippen molar-refractivity contribution in [1.29, 1.82) is 0 Å². The molecule has 196 valence electrons. The molecule has 9 heteroatoms. The summed E-state index contributed by atoms with van der Waals surface area (Å²) in [7, 11) is 1.48. The predicted octanol–water partition coefficient (Wildman–Crippen LogP) is 5.72. The minimum Gasteiger partial charge on any atom is -0.497 e. The Balaban J connectivity index is 1.37. The fraction of sp³-hybridized carbons (Fsp3) is 0.393. The van der Waals surface area contributed by atoms with Gasteiger partial charge in [0, 0.05) is 23.1 Å². The van der Waals surface area contributed by atoms with E-state index < -0.39 is 34.9 Å². The monoisotopic (exact) mass is 518 g/mol. The number of aliphatic hydroxyl groups excluding tert-OH is 1. The summed E-state index contributed by atoms with van der Waals surface area (Å²) in [6.45, 7) is 1.37. The number of rotatable bonds is 7.